The van der Waals surface area contributed by atoms with Gasteiger partial charge in [0.15, 0.2) is 5.82 Å². The molecular formula is C19H23N5O3. The average Bonchev–Trinajstić information content (AvgIpc) is 3.27. The van der Waals surface area contributed by atoms with E-state index < -0.39 is 6.09 Å². The lowest BCUT2D eigenvalue weighted by atomic mass is 10.1. The number of carbonyl (C=O) groups is 2. The van der Waals surface area contributed by atoms with Crippen molar-refractivity contribution in [3.8, 4) is 0 Å². The highest BCUT2D eigenvalue weighted by atomic mass is 16.6. The number of aromatic nitrogens is 3. The van der Waals surface area contributed by atoms with Crippen LogP contribution in [0.15, 0.2) is 30.3 Å². The van der Waals surface area contributed by atoms with Crippen LogP contribution < -0.4 is 0 Å². The quantitative estimate of drug-likeness (QED) is 0.796. The van der Waals surface area contributed by atoms with E-state index in [0.717, 1.165) is 24.5 Å². The molecule has 0 N–H and O–H groups in total. The Balaban J connectivity index is 1.42. The molecule has 0 aliphatic carbocycles. The molecule has 1 aromatic heterocycles. The molecular weight excluding hydrogens is 346 g/mol. The van der Waals surface area contributed by atoms with Crippen molar-refractivity contribution in [2.24, 2.45) is 0 Å². The predicted octanol–water partition coefficient (Wildman–Crippen LogP) is 1.42. The van der Waals surface area contributed by atoms with Gasteiger partial charge in [-0.3, -0.25) is 9.69 Å². The third kappa shape index (κ3) is 3.65. The summed E-state index contributed by atoms with van der Waals surface area (Å²) in [7, 11) is 0. The Labute approximate surface area is 157 Å². The summed E-state index contributed by atoms with van der Waals surface area (Å²) in [6.07, 6.45) is 1.31. The largest absolute Gasteiger partial charge is 0.448 e. The van der Waals surface area contributed by atoms with E-state index in [1.165, 1.54) is 10.5 Å². The standard InChI is InChI=1S/C19H23N5O3/c1-14-11-23(18(25)13-22-9-10-27-19(22)26)12-17-21-20-16(24(14)17)8-7-15-5-3-2-4-6-15/h2-6,14H,7-13H2,1H3/t14-/m0/s1. The summed E-state index contributed by atoms with van der Waals surface area (Å²) in [4.78, 5) is 27.3. The van der Waals surface area contributed by atoms with Crippen LogP contribution in [0.5, 0.6) is 0 Å². The zero-order chi connectivity index (χ0) is 18.8. The molecule has 27 heavy (non-hydrogen) atoms. The highest BCUT2D eigenvalue weighted by Crippen LogP contribution is 2.22. The number of hydrogen-bond acceptors (Lipinski definition) is 5. The molecule has 8 nitrogen and oxygen atoms in total. The van der Waals surface area contributed by atoms with Crippen LogP contribution in [-0.4, -0.2) is 62.8 Å². The Morgan fingerprint density at radius 3 is 2.78 bits per heavy atom. The minimum Gasteiger partial charge on any atom is -0.448 e. The van der Waals surface area contributed by atoms with Crippen LogP contribution in [0.3, 0.4) is 0 Å². The number of hydrogen-bond donors (Lipinski definition) is 0. The summed E-state index contributed by atoms with van der Waals surface area (Å²) in [6, 6.07) is 10.4. The fraction of sp³-hybridized carbons (Fsp3) is 0.474. The monoisotopic (exact) mass is 369 g/mol. The van der Waals surface area contributed by atoms with E-state index in [1.807, 2.05) is 18.2 Å². The molecule has 2 amide bonds. The van der Waals surface area contributed by atoms with Crippen molar-refractivity contribution in [2.75, 3.05) is 26.2 Å². The second kappa shape index (κ2) is 7.38. The van der Waals surface area contributed by atoms with E-state index in [0.29, 0.717) is 26.2 Å². The minimum absolute atomic E-state index is 0.0561. The number of aryl methyl sites for hydroxylation is 2. The summed E-state index contributed by atoms with van der Waals surface area (Å²) in [5.74, 6) is 1.67. The van der Waals surface area contributed by atoms with Crippen LogP contribution in [0.1, 0.15) is 30.2 Å². The van der Waals surface area contributed by atoms with Gasteiger partial charge in [-0.15, -0.1) is 10.2 Å². The van der Waals surface area contributed by atoms with Gasteiger partial charge in [-0.25, -0.2) is 4.79 Å². The Kier molecular flexibility index (Phi) is 4.79. The van der Waals surface area contributed by atoms with Gasteiger partial charge in [-0.05, 0) is 18.9 Å². The molecule has 0 radical (unpaired) electrons. The average molecular weight is 369 g/mol. The first-order valence-electron chi connectivity index (χ1n) is 9.28. The first-order chi connectivity index (χ1) is 13.1. The maximum absolute atomic E-state index is 12.6. The molecule has 4 rings (SSSR count). The molecule has 2 aliphatic heterocycles. The molecule has 2 aliphatic rings. The van der Waals surface area contributed by atoms with Crippen LogP contribution in [0.2, 0.25) is 0 Å². The first kappa shape index (κ1) is 17.5. The van der Waals surface area contributed by atoms with E-state index in [9.17, 15) is 9.59 Å². The number of ether oxygens (including phenoxy) is 1. The van der Waals surface area contributed by atoms with Gasteiger partial charge in [0, 0.05) is 13.0 Å². The van der Waals surface area contributed by atoms with E-state index in [1.54, 1.807) is 4.90 Å². The molecule has 1 atom stereocenters. The number of rotatable bonds is 5. The fourth-order valence-electron chi connectivity index (χ4n) is 3.71. The van der Waals surface area contributed by atoms with Gasteiger partial charge in [0.05, 0.1) is 19.1 Å². The highest BCUT2D eigenvalue weighted by Gasteiger charge is 2.32. The first-order valence-corrected chi connectivity index (χ1v) is 9.28. The van der Waals surface area contributed by atoms with Crippen molar-refractivity contribution in [3.63, 3.8) is 0 Å². The van der Waals surface area contributed by atoms with Crippen molar-refractivity contribution >= 4 is 12.0 Å². The van der Waals surface area contributed by atoms with Gasteiger partial charge in [0.2, 0.25) is 5.91 Å². The third-order valence-electron chi connectivity index (χ3n) is 5.10. The van der Waals surface area contributed by atoms with E-state index in [4.69, 9.17) is 4.74 Å². The Morgan fingerprint density at radius 1 is 1.22 bits per heavy atom. The number of fused-ring (bicyclic) bond motifs is 1. The molecule has 1 aromatic carbocycles. The summed E-state index contributed by atoms with van der Waals surface area (Å²) in [5.41, 5.74) is 1.27. The zero-order valence-corrected chi connectivity index (χ0v) is 15.4. The number of nitrogens with zero attached hydrogens (tertiary/aromatic N) is 5. The van der Waals surface area contributed by atoms with Gasteiger partial charge in [-0.1, -0.05) is 30.3 Å². The lowest BCUT2D eigenvalue weighted by molar-refractivity contribution is -0.133. The predicted molar refractivity (Wildman–Crippen MR) is 96.9 cm³/mol. The summed E-state index contributed by atoms with van der Waals surface area (Å²) in [5, 5.41) is 8.68. The van der Waals surface area contributed by atoms with Gasteiger partial charge in [0.1, 0.15) is 19.0 Å². The molecule has 1 fully saturated rings. The Hall–Kier alpha value is -2.90. The molecule has 0 saturated carbocycles. The fourth-order valence-corrected chi connectivity index (χ4v) is 3.71. The molecule has 3 heterocycles. The topological polar surface area (TPSA) is 80.6 Å². The van der Waals surface area contributed by atoms with E-state index >= 15 is 0 Å². The van der Waals surface area contributed by atoms with Crippen LogP contribution in [-0.2, 0) is 28.9 Å². The number of amides is 2. The van der Waals surface area contributed by atoms with Crippen LogP contribution in [0.4, 0.5) is 4.79 Å². The lowest BCUT2D eigenvalue weighted by Gasteiger charge is -2.33. The highest BCUT2D eigenvalue weighted by molar-refractivity contribution is 5.83. The smallest absolute Gasteiger partial charge is 0.410 e. The Morgan fingerprint density at radius 2 is 2.04 bits per heavy atom. The molecule has 0 unspecified atom stereocenters. The van der Waals surface area contributed by atoms with Crippen molar-refractivity contribution in [2.45, 2.75) is 32.4 Å². The molecule has 0 spiro atoms. The molecule has 142 valence electrons. The number of cyclic esters (lactones) is 1. The van der Waals surface area contributed by atoms with Crippen LogP contribution in [0.25, 0.3) is 0 Å². The summed E-state index contributed by atoms with van der Waals surface area (Å²) in [6.45, 7) is 3.95. The van der Waals surface area contributed by atoms with Gasteiger partial charge in [-0.2, -0.15) is 0 Å². The van der Waals surface area contributed by atoms with Gasteiger partial charge in [0.25, 0.3) is 0 Å². The van der Waals surface area contributed by atoms with E-state index in [-0.39, 0.29) is 18.5 Å². The van der Waals surface area contributed by atoms with Crippen molar-refractivity contribution in [3.05, 3.63) is 47.5 Å². The lowest BCUT2D eigenvalue weighted by Crippen LogP contribution is -2.45. The molecule has 1 saturated heterocycles. The van der Waals surface area contributed by atoms with Gasteiger partial charge >= 0.3 is 6.09 Å². The summed E-state index contributed by atoms with van der Waals surface area (Å²) >= 11 is 0. The van der Waals surface area contributed by atoms with Crippen molar-refractivity contribution < 1.29 is 14.3 Å². The number of carbonyl (C=O) groups excluding carboxylic acids is 2. The molecule has 8 heteroatoms. The van der Waals surface area contributed by atoms with Crippen molar-refractivity contribution in [1.82, 2.24) is 24.6 Å². The minimum atomic E-state index is -0.417. The molecule has 2 aromatic rings. The van der Waals surface area contributed by atoms with E-state index in [2.05, 4.69) is 33.8 Å². The second-order valence-corrected chi connectivity index (χ2v) is 7.05. The van der Waals surface area contributed by atoms with Crippen LogP contribution >= 0.6 is 0 Å². The zero-order valence-electron chi connectivity index (χ0n) is 15.4. The van der Waals surface area contributed by atoms with Crippen LogP contribution in [0, 0.1) is 0 Å². The molecule has 0 bridgehead atoms. The normalized spacial score (nSPS) is 19.1. The third-order valence-corrected chi connectivity index (χ3v) is 5.10. The summed E-state index contributed by atoms with van der Waals surface area (Å²) < 4.78 is 7.04. The maximum atomic E-state index is 12.6. The maximum Gasteiger partial charge on any atom is 0.410 e. The van der Waals surface area contributed by atoms with Crippen molar-refractivity contribution in [1.29, 1.82) is 0 Å². The number of benzene rings is 1. The SMILES string of the molecule is C[C@H]1CN(C(=O)CN2CCOC2=O)Cc2nnc(CCc3ccccc3)n21. The second-order valence-electron chi connectivity index (χ2n) is 7.05. The van der Waals surface area contributed by atoms with Gasteiger partial charge < -0.3 is 14.2 Å². The Bertz CT molecular complexity index is 835.